The van der Waals surface area contributed by atoms with E-state index in [-0.39, 0.29) is 50.7 Å². The molecule has 0 atom stereocenters. The van der Waals surface area contributed by atoms with Crippen LogP contribution in [0.25, 0.3) is 5.82 Å². The van der Waals surface area contributed by atoms with Gasteiger partial charge in [0.15, 0.2) is 5.82 Å². The van der Waals surface area contributed by atoms with Gasteiger partial charge < -0.3 is 10.6 Å². The number of hydrogen-bond acceptors (Lipinski definition) is 8. The van der Waals surface area contributed by atoms with Gasteiger partial charge in [-0.2, -0.15) is 36.2 Å². The van der Waals surface area contributed by atoms with E-state index in [0.29, 0.717) is 16.6 Å². The van der Waals surface area contributed by atoms with Gasteiger partial charge >= 0.3 is 12.4 Å². The molecular formula is C27H18Cl2F6N10O2. The van der Waals surface area contributed by atoms with Crippen molar-refractivity contribution in [2.24, 2.45) is 0 Å². The largest absolute Gasteiger partial charge is 0.455 e. The second-order valence-corrected chi connectivity index (χ2v) is 10.5. The fraction of sp³-hybridized carbons (Fsp3) is 0.185. The lowest BCUT2D eigenvalue weighted by Gasteiger charge is -2.15. The van der Waals surface area contributed by atoms with Gasteiger partial charge in [-0.15, -0.1) is 10.2 Å². The molecule has 5 rings (SSSR count). The van der Waals surface area contributed by atoms with Gasteiger partial charge in [-0.25, -0.2) is 9.67 Å². The van der Waals surface area contributed by atoms with Gasteiger partial charge in [0.25, 0.3) is 17.6 Å². The van der Waals surface area contributed by atoms with E-state index in [2.05, 4.69) is 41.1 Å². The summed E-state index contributed by atoms with van der Waals surface area (Å²) in [6.07, 6.45) is -7.41. The smallest absolute Gasteiger partial charge is 0.346 e. The van der Waals surface area contributed by atoms with E-state index in [0.717, 1.165) is 16.8 Å². The van der Waals surface area contributed by atoms with Gasteiger partial charge in [-0.1, -0.05) is 23.2 Å². The van der Waals surface area contributed by atoms with Crippen LogP contribution in [0.2, 0.25) is 10.0 Å². The molecule has 0 radical (unpaired) electrons. The van der Waals surface area contributed by atoms with Crippen LogP contribution in [0.5, 0.6) is 0 Å². The van der Waals surface area contributed by atoms with Crippen molar-refractivity contribution in [2.75, 3.05) is 5.32 Å². The topological polar surface area (TPSA) is 145 Å². The van der Waals surface area contributed by atoms with Crippen LogP contribution in [0.15, 0.2) is 54.9 Å². The number of nitrogens with zero attached hydrogens (tertiary/aromatic N) is 8. The predicted molar refractivity (Wildman–Crippen MR) is 153 cm³/mol. The summed E-state index contributed by atoms with van der Waals surface area (Å²) < 4.78 is 78.6. The number of tetrazole rings is 1. The Bertz CT molecular complexity index is 1960. The highest BCUT2D eigenvalue weighted by Crippen LogP contribution is 2.30. The molecular weight excluding hydrogens is 681 g/mol. The van der Waals surface area contributed by atoms with Crippen molar-refractivity contribution in [1.29, 1.82) is 0 Å². The van der Waals surface area contributed by atoms with Crippen LogP contribution in [-0.4, -0.2) is 51.8 Å². The maximum atomic E-state index is 13.7. The highest BCUT2D eigenvalue weighted by atomic mass is 35.5. The maximum absolute atomic E-state index is 13.7. The van der Waals surface area contributed by atoms with E-state index in [1.165, 1.54) is 36.5 Å². The van der Waals surface area contributed by atoms with Crippen LogP contribution in [0.1, 0.15) is 49.2 Å². The summed E-state index contributed by atoms with van der Waals surface area (Å²) in [6, 6.07) is 8.90. The van der Waals surface area contributed by atoms with Gasteiger partial charge in [-0.05, 0) is 60.2 Å². The minimum atomic E-state index is -4.83. The summed E-state index contributed by atoms with van der Waals surface area (Å²) in [6.45, 7) is 0.881. The van der Waals surface area contributed by atoms with Gasteiger partial charge in [0.05, 0.1) is 39.8 Å². The van der Waals surface area contributed by atoms with Crippen LogP contribution < -0.4 is 10.6 Å². The standard InChI is InChI=1S/C27H18Cl2F6N10O2/c1-13-7-15(28)8-18(23(46)38-11-16-5-4-14(10-37-16)26(30,31)32)21(13)39-24(47)20-9-17(12-44-42-25(40-43-44)27(33,34)35)41-45(20)22-19(29)3-2-6-36-22/h2-10H,11-12H2,1H3,(H,38,46)(H,39,47). The molecule has 12 nitrogen and oxygen atoms in total. The summed E-state index contributed by atoms with van der Waals surface area (Å²) in [5.41, 5.74) is -0.707. The minimum Gasteiger partial charge on any atom is -0.346 e. The number of hydrogen-bond donors (Lipinski definition) is 2. The van der Waals surface area contributed by atoms with Crippen LogP contribution in [0.4, 0.5) is 32.0 Å². The van der Waals surface area contributed by atoms with Gasteiger partial charge in [-0.3, -0.25) is 14.6 Å². The van der Waals surface area contributed by atoms with Crippen molar-refractivity contribution in [3.05, 3.63) is 105 Å². The molecule has 0 spiro atoms. The average Bonchev–Trinajstić information content (AvgIpc) is 3.65. The predicted octanol–water partition coefficient (Wildman–Crippen LogP) is 5.53. The summed E-state index contributed by atoms with van der Waals surface area (Å²) in [7, 11) is 0. The zero-order valence-electron chi connectivity index (χ0n) is 23.5. The summed E-state index contributed by atoms with van der Waals surface area (Å²) in [5.74, 6) is -3.05. The average molecular weight is 699 g/mol. The normalized spacial score (nSPS) is 11.9. The Morgan fingerprint density at radius 2 is 1.68 bits per heavy atom. The number of halogens is 8. The van der Waals surface area contributed by atoms with Crippen molar-refractivity contribution in [3.63, 3.8) is 0 Å². The van der Waals surface area contributed by atoms with E-state index in [9.17, 15) is 35.9 Å². The molecule has 0 aliphatic rings. The quantitative estimate of drug-likeness (QED) is 0.201. The summed E-state index contributed by atoms with van der Waals surface area (Å²) >= 11 is 12.5. The third-order valence-electron chi connectivity index (χ3n) is 6.31. The number of pyridine rings is 2. The lowest BCUT2D eigenvalue weighted by molar-refractivity contribution is -0.145. The van der Waals surface area contributed by atoms with E-state index in [1.54, 1.807) is 6.92 Å². The molecule has 0 aliphatic carbocycles. The molecule has 0 fully saturated rings. The zero-order valence-corrected chi connectivity index (χ0v) is 25.0. The Morgan fingerprint density at radius 3 is 2.32 bits per heavy atom. The fourth-order valence-electron chi connectivity index (χ4n) is 4.16. The first-order valence-corrected chi connectivity index (χ1v) is 13.8. The van der Waals surface area contributed by atoms with Crippen molar-refractivity contribution in [2.45, 2.75) is 32.4 Å². The van der Waals surface area contributed by atoms with E-state index in [4.69, 9.17) is 23.2 Å². The number of carbonyl (C=O) groups excluding carboxylic acids is 2. The number of amides is 2. The molecule has 1 aromatic carbocycles. The molecule has 4 heterocycles. The molecule has 2 N–H and O–H groups in total. The lowest BCUT2D eigenvalue weighted by atomic mass is 10.1. The van der Waals surface area contributed by atoms with Gasteiger partial charge in [0.1, 0.15) is 12.2 Å². The Labute approximate surface area is 269 Å². The molecule has 0 unspecified atom stereocenters. The van der Waals surface area contributed by atoms with Crippen LogP contribution >= 0.6 is 23.2 Å². The molecule has 5 aromatic rings. The second kappa shape index (κ2) is 13.0. The van der Waals surface area contributed by atoms with Crippen LogP contribution in [0, 0.1) is 6.92 Å². The van der Waals surface area contributed by atoms with E-state index < -0.39 is 42.1 Å². The molecule has 0 bridgehead atoms. The SMILES string of the molecule is Cc1cc(Cl)cc(C(=O)NCc2ccc(C(F)(F)F)cn2)c1NC(=O)c1cc(Cn2nnc(C(F)(F)F)n2)nn1-c1ncccc1Cl. The number of nitrogens with one attached hydrogen (secondary N) is 2. The third kappa shape index (κ3) is 7.66. The molecule has 0 saturated carbocycles. The number of benzene rings is 1. The van der Waals surface area contributed by atoms with E-state index in [1.807, 2.05) is 0 Å². The molecule has 0 aliphatic heterocycles. The third-order valence-corrected chi connectivity index (χ3v) is 6.82. The Morgan fingerprint density at radius 1 is 0.915 bits per heavy atom. The highest BCUT2D eigenvalue weighted by Gasteiger charge is 2.37. The number of carbonyl (C=O) groups is 2. The first kappa shape index (κ1) is 33.3. The summed E-state index contributed by atoms with van der Waals surface area (Å²) in [5, 5.41) is 19.3. The molecule has 2 amide bonds. The van der Waals surface area contributed by atoms with Crippen molar-refractivity contribution in [3.8, 4) is 5.82 Å². The summed E-state index contributed by atoms with van der Waals surface area (Å²) in [4.78, 5) is 35.4. The Kier molecular flexibility index (Phi) is 9.17. The van der Waals surface area contributed by atoms with Crippen LogP contribution in [0.3, 0.4) is 0 Å². The Hall–Kier alpha value is -5.10. The fourth-order valence-corrected chi connectivity index (χ4v) is 4.64. The van der Waals surface area contributed by atoms with Crippen LogP contribution in [-0.2, 0) is 25.4 Å². The Balaban J connectivity index is 1.43. The minimum absolute atomic E-state index is 0.00272. The molecule has 20 heteroatoms. The maximum Gasteiger partial charge on any atom is 0.455 e. The molecule has 47 heavy (non-hydrogen) atoms. The highest BCUT2D eigenvalue weighted by molar-refractivity contribution is 6.32. The van der Waals surface area contributed by atoms with Crippen molar-refractivity contribution in [1.82, 2.24) is 45.3 Å². The number of rotatable bonds is 8. The molecule has 4 aromatic heterocycles. The molecule has 0 saturated heterocycles. The van der Waals surface area contributed by atoms with Gasteiger partial charge in [0, 0.05) is 17.4 Å². The first-order chi connectivity index (χ1) is 22.1. The zero-order chi connectivity index (χ0) is 34.1. The number of aryl methyl sites for hydroxylation is 1. The lowest BCUT2D eigenvalue weighted by Crippen LogP contribution is -2.26. The number of aromatic nitrogens is 8. The first-order valence-electron chi connectivity index (χ1n) is 13.1. The number of anilines is 1. The second-order valence-electron chi connectivity index (χ2n) is 9.70. The van der Waals surface area contributed by atoms with Crippen molar-refractivity contribution >= 4 is 40.7 Å². The van der Waals surface area contributed by atoms with Gasteiger partial charge in [0.2, 0.25) is 0 Å². The monoisotopic (exact) mass is 698 g/mol. The van der Waals surface area contributed by atoms with Crippen molar-refractivity contribution < 1.29 is 35.9 Å². The molecule has 244 valence electrons. The number of alkyl halides is 6. The van der Waals surface area contributed by atoms with E-state index >= 15 is 0 Å².